The molecule has 0 spiro atoms. The van der Waals surface area contributed by atoms with E-state index in [0.29, 0.717) is 0 Å². The minimum Gasteiger partial charge on any atom is -0.311 e. The van der Waals surface area contributed by atoms with Crippen molar-refractivity contribution in [2.75, 3.05) is 0 Å². The second-order valence-corrected chi connectivity index (χ2v) is 4.99. The molecule has 1 atom stereocenters. The molecule has 0 saturated heterocycles. The zero-order valence-corrected chi connectivity index (χ0v) is 9.34. The first-order chi connectivity index (χ1) is 6.86. The van der Waals surface area contributed by atoms with Crippen molar-refractivity contribution in [3.63, 3.8) is 0 Å². The summed E-state index contributed by atoms with van der Waals surface area (Å²) < 4.78 is 0. The average molecular weight is 193 g/mol. The molecule has 1 nitrogen and oxygen atoms in total. The Bertz CT molecular complexity index is 183. The smallest absolute Gasteiger partial charge is 0.0139 e. The first-order valence-electron chi connectivity index (χ1n) is 6.27. The maximum atomic E-state index is 3.79. The van der Waals surface area contributed by atoms with Crippen molar-refractivity contribution in [2.45, 2.75) is 64.0 Å². The Morgan fingerprint density at radius 1 is 1.07 bits per heavy atom. The summed E-state index contributed by atoms with van der Waals surface area (Å²) in [5.41, 5.74) is 0. The van der Waals surface area contributed by atoms with Crippen LogP contribution in [-0.2, 0) is 0 Å². The largest absolute Gasteiger partial charge is 0.311 e. The van der Waals surface area contributed by atoms with E-state index in [9.17, 15) is 0 Å². The van der Waals surface area contributed by atoms with Gasteiger partial charge in [-0.1, -0.05) is 31.4 Å². The lowest BCUT2D eigenvalue weighted by atomic mass is 9.84. The highest BCUT2D eigenvalue weighted by Gasteiger charge is 2.22. The van der Waals surface area contributed by atoms with E-state index in [1.807, 2.05) is 0 Å². The average Bonchev–Trinajstić information content (AvgIpc) is 2.72. The molecule has 0 aliphatic heterocycles. The van der Waals surface area contributed by atoms with E-state index in [1.54, 1.807) is 0 Å². The van der Waals surface area contributed by atoms with Crippen LogP contribution < -0.4 is 5.32 Å². The topological polar surface area (TPSA) is 12.0 Å². The van der Waals surface area contributed by atoms with Gasteiger partial charge in [-0.3, -0.25) is 0 Å². The van der Waals surface area contributed by atoms with Crippen molar-refractivity contribution < 1.29 is 0 Å². The highest BCUT2D eigenvalue weighted by molar-refractivity contribution is 4.98. The number of rotatable bonds is 3. The lowest BCUT2D eigenvalue weighted by Gasteiger charge is -2.30. The molecule has 0 radical (unpaired) electrons. The van der Waals surface area contributed by atoms with Gasteiger partial charge in [-0.2, -0.15) is 0 Å². The van der Waals surface area contributed by atoms with Crippen molar-refractivity contribution in [1.29, 1.82) is 0 Å². The standard InChI is InChI=1S/C13H23N/c1-11(12-7-3-2-4-8-12)14-13-9-5-6-10-13/h5-6,11-14H,2-4,7-10H2,1H3. The second-order valence-electron chi connectivity index (χ2n) is 4.99. The van der Waals surface area contributed by atoms with Crippen LogP contribution in [0, 0.1) is 5.92 Å². The van der Waals surface area contributed by atoms with Crippen LogP contribution in [-0.4, -0.2) is 12.1 Å². The van der Waals surface area contributed by atoms with Crippen LogP contribution in [0.1, 0.15) is 51.9 Å². The van der Waals surface area contributed by atoms with Crippen LogP contribution in [0.4, 0.5) is 0 Å². The molecule has 2 rings (SSSR count). The van der Waals surface area contributed by atoms with Gasteiger partial charge in [-0.05, 0) is 38.5 Å². The molecule has 0 amide bonds. The Kier molecular flexibility index (Phi) is 3.63. The summed E-state index contributed by atoms with van der Waals surface area (Å²) in [5, 5.41) is 3.79. The molecule has 1 saturated carbocycles. The van der Waals surface area contributed by atoms with Crippen molar-refractivity contribution in [3.8, 4) is 0 Å². The van der Waals surface area contributed by atoms with Crippen LogP contribution >= 0.6 is 0 Å². The number of nitrogens with one attached hydrogen (secondary N) is 1. The fraction of sp³-hybridized carbons (Fsp3) is 0.846. The third-order valence-corrected chi connectivity index (χ3v) is 3.86. The molecule has 0 heterocycles. The van der Waals surface area contributed by atoms with E-state index in [1.165, 1.54) is 44.9 Å². The van der Waals surface area contributed by atoms with Gasteiger partial charge < -0.3 is 5.32 Å². The van der Waals surface area contributed by atoms with Gasteiger partial charge in [0.1, 0.15) is 0 Å². The van der Waals surface area contributed by atoms with E-state index in [2.05, 4.69) is 24.4 Å². The predicted octanol–water partition coefficient (Wildman–Crippen LogP) is 3.26. The maximum absolute atomic E-state index is 3.79. The van der Waals surface area contributed by atoms with Crippen LogP contribution in [0.2, 0.25) is 0 Å². The Balaban J connectivity index is 1.73. The van der Waals surface area contributed by atoms with E-state index in [4.69, 9.17) is 0 Å². The molecule has 14 heavy (non-hydrogen) atoms. The molecule has 0 aromatic rings. The Morgan fingerprint density at radius 2 is 1.71 bits per heavy atom. The molecule has 80 valence electrons. The highest BCUT2D eigenvalue weighted by Crippen LogP contribution is 2.27. The van der Waals surface area contributed by atoms with Gasteiger partial charge in [0.15, 0.2) is 0 Å². The van der Waals surface area contributed by atoms with E-state index >= 15 is 0 Å². The third kappa shape index (κ3) is 2.60. The second kappa shape index (κ2) is 4.97. The third-order valence-electron chi connectivity index (χ3n) is 3.86. The van der Waals surface area contributed by atoms with Crippen LogP contribution in [0.25, 0.3) is 0 Å². The Morgan fingerprint density at radius 3 is 2.36 bits per heavy atom. The van der Waals surface area contributed by atoms with Crippen molar-refractivity contribution in [2.24, 2.45) is 5.92 Å². The maximum Gasteiger partial charge on any atom is 0.0139 e. The summed E-state index contributed by atoms with van der Waals surface area (Å²) in [7, 11) is 0. The fourth-order valence-electron chi connectivity index (χ4n) is 2.90. The minimum atomic E-state index is 0.736. The Labute approximate surface area is 88.0 Å². The van der Waals surface area contributed by atoms with E-state index < -0.39 is 0 Å². The lowest BCUT2D eigenvalue weighted by molar-refractivity contribution is 0.266. The molecule has 1 unspecified atom stereocenters. The quantitative estimate of drug-likeness (QED) is 0.678. The summed E-state index contributed by atoms with van der Waals surface area (Å²) in [6.07, 6.45) is 14.4. The molecule has 2 aliphatic rings. The SMILES string of the molecule is CC(NC1CC=CC1)C1CCCCC1. The van der Waals surface area contributed by atoms with E-state index in [-0.39, 0.29) is 0 Å². The van der Waals surface area contributed by atoms with Crippen molar-refractivity contribution >= 4 is 0 Å². The molecule has 1 fully saturated rings. The molecular formula is C13H23N. The zero-order valence-electron chi connectivity index (χ0n) is 9.34. The minimum absolute atomic E-state index is 0.736. The van der Waals surface area contributed by atoms with Crippen LogP contribution in [0.15, 0.2) is 12.2 Å². The summed E-state index contributed by atoms with van der Waals surface area (Å²) in [6, 6.07) is 1.48. The van der Waals surface area contributed by atoms with Gasteiger partial charge in [-0.25, -0.2) is 0 Å². The predicted molar refractivity (Wildman–Crippen MR) is 61.3 cm³/mol. The summed E-state index contributed by atoms with van der Waals surface area (Å²) in [5.74, 6) is 0.948. The first kappa shape index (κ1) is 10.2. The molecule has 1 N–H and O–H groups in total. The zero-order chi connectivity index (χ0) is 9.80. The van der Waals surface area contributed by atoms with Gasteiger partial charge in [0.25, 0.3) is 0 Å². The lowest BCUT2D eigenvalue weighted by Crippen LogP contribution is -2.40. The molecule has 2 aliphatic carbocycles. The number of hydrogen-bond donors (Lipinski definition) is 1. The highest BCUT2D eigenvalue weighted by atomic mass is 14.9. The van der Waals surface area contributed by atoms with Gasteiger partial charge in [0, 0.05) is 12.1 Å². The summed E-state index contributed by atoms with van der Waals surface area (Å²) in [4.78, 5) is 0. The Hall–Kier alpha value is -0.300. The monoisotopic (exact) mass is 193 g/mol. The molecule has 0 bridgehead atoms. The molecule has 0 aromatic heterocycles. The fourth-order valence-corrected chi connectivity index (χ4v) is 2.90. The van der Waals surface area contributed by atoms with Crippen molar-refractivity contribution in [3.05, 3.63) is 12.2 Å². The van der Waals surface area contributed by atoms with E-state index in [0.717, 1.165) is 18.0 Å². The van der Waals surface area contributed by atoms with Crippen LogP contribution in [0.5, 0.6) is 0 Å². The van der Waals surface area contributed by atoms with Crippen molar-refractivity contribution in [1.82, 2.24) is 5.32 Å². The summed E-state index contributed by atoms with van der Waals surface area (Å²) >= 11 is 0. The van der Waals surface area contributed by atoms with Gasteiger partial charge in [0.05, 0.1) is 0 Å². The van der Waals surface area contributed by atoms with Gasteiger partial charge in [0.2, 0.25) is 0 Å². The normalized spacial score (nSPS) is 26.9. The van der Waals surface area contributed by atoms with Gasteiger partial charge in [-0.15, -0.1) is 0 Å². The molecule has 1 heteroatoms. The van der Waals surface area contributed by atoms with Gasteiger partial charge >= 0.3 is 0 Å². The van der Waals surface area contributed by atoms with Crippen LogP contribution in [0.3, 0.4) is 0 Å². The number of hydrogen-bond acceptors (Lipinski definition) is 1. The first-order valence-corrected chi connectivity index (χ1v) is 6.27. The molecule has 0 aromatic carbocycles. The molecular weight excluding hydrogens is 170 g/mol. The summed E-state index contributed by atoms with van der Waals surface area (Å²) in [6.45, 7) is 2.38.